The first-order valence-electron chi connectivity index (χ1n) is 11.9. The molecule has 3 aliphatic carbocycles. The predicted molar refractivity (Wildman–Crippen MR) is 125 cm³/mol. The Morgan fingerprint density at radius 3 is 2.64 bits per heavy atom. The minimum absolute atomic E-state index is 0.0885. The second kappa shape index (κ2) is 9.25. The molecular weight excluding hydrogens is 438 g/mol. The van der Waals surface area contributed by atoms with Gasteiger partial charge in [0.1, 0.15) is 5.00 Å². The van der Waals surface area contributed by atoms with Crippen LogP contribution >= 0.6 is 11.3 Å². The van der Waals surface area contributed by atoms with Crippen LogP contribution in [0.5, 0.6) is 0 Å². The molecule has 0 unspecified atom stereocenters. The number of hydrogen-bond acceptors (Lipinski definition) is 5. The number of nitrogens with one attached hydrogen (secondary N) is 2. The topological polar surface area (TPSA) is 108 Å². The number of fused-ring (bicyclic) bond motifs is 3. The third-order valence-corrected chi connectivity index (χ3v) is 8.77. The lowest BCUT2D eigenvalue weighted by molar-refractivity contribution is -0.148. The Bertz CT molecular complexity index is 1070. The molecule has 0 saturated heterocycles. The smallest absolute Gasteiger partial charge is 0.307 e. The molecule has 7 nitrogen and oxygen atoms in total. The van der Waals surface area contributed by atoms with Crippen LogP contribution < -0.4 is 10.6 Å². The SMILES string of the molecule is O=C(NCc1cccnc1)c1c(NC(=O)[C@H]2[C@H]3CC[C@H](C3)[C@@H]2C(=O)O)sc2c1CCCCC2. The Morgan fingerprint density at radius 2 is 1.88 bits per heavy atom. The molecule has 5 rings (SSSR count). The number of amides is 2. The van der Waals surface area contributed by atoms with E-state index in [0.717, 1.165) is 67.4 Å². The molecule has 2 aromatic rings. The normalized spacial score (nSPS) is 25.8. The van der Waals surface area contributed by atoms with Crippen molar-refractivity contribution in [1.82, 2.24) is 10.3 Å². The van der Waals surface area contributed by atoms with Gasteiger partial charge in [-0.2, -0.15) is 0 Å². The van der Waals surface area contributed by atoms with Crippen molar-refractivity contribution in [3.05, 3.63) is 46.1 Å². The Kier molecular flexibility index (Phi) is 6.19. The van der Waals surface area contributed by atoms with Gasteiger partial charge in [-0.05, 0) is 74.0 Å². The Balaban J connectivity index is 1.40. The van der Waals surface area contributed by atoms with Crippen molar-refractivity contribution in [1.29, 1.82) is 0 Å². The average molecular weight is 468 g/mol. The average Bonchev–Trinajstić information content (AvgIpc) is 3.47. The zero-order valence-corrected chi connectivity index (χ0v) is 19.3. The zero-order chi connectivity index (χ0) is 22.9. The number of carbonyl (C=O) groups is 3. The summed E-state index contributed by atoms with van der Waals surface area (Å²) in [5.74, 6) is -2.25. The first kappa shape index (κ1) is 22.1. The predicted octanol–water partition coefficient (Wildman–Crippen LogP) is 4.03. The number of nitrogens with zero attached hydrogens (tertiary/aromatic N) is 1. The highest BCUT2D eigenvalue weighted by molar-refractivity contribution is 7.17. The Labute approximate surface area is 197 Å². The van der Waals surface area contributed by atoms with Gasteiger partial charge in [-0.25, -0.2) is 0 Å². The third kappa shape index (κ3) is 4.28. The number of aryl methyl sites for hydroxylation is 1. The van der Waals surface area contributed by atoms with Crippen molar-refractivity contribution in [2.45, 2.75) is 57.9 Å². The van der Waals surface area contributed by atoms with Crippen LogP contribution in [0.1, 0.15) is 64.9 Å². The molecule has 0 spiro atoms. The molecule has 0 aliphatic heterocycles. The lowest BCUT2D eigenvalue weighted by Crippen LogP contribution is -2.38. The van der Waals surface area contributed by atoms with Gasteiger partial charge < -0.3 is 15.7 Å². The highest BCUT2D eigenvalue weighted by atomic mass is 32.1. The van der Waals surface area contributed by atoms with Crippen LogP contribution in [0.4, 0.5) is 5.00 Å². The number of carboxylic acids is 1. The molecule has 3 aliphatic rings. The summed E-state index contributed by atoms with van der Waals surface area (Å²) in [7, 11) is 0. The molecular formula is C25H29N3O4S. The summed E-state index contributed by atoms with van der Waals surface area (Å²) in [5, 5.41) is 16.3. The summed E-state index contributed by atoms with van der Waals surface area (Å²) in [4.78, 5) is 43.8. The van der Waals surface area contributed by atoms with Gasteiger partial charge in [0, 0.05) is 23.8 Å². The van der Waals surface area contributed by atoms with Crippen LogP contribution in [0.25, 0.3) is 0 Å². The van der Waals surface area contributed by atoms with E-state index >= 15 is 0 Å². The summed E-state index contributed by atoms with van der Waals surface area (Å²) >= 11 is 1.49. The minimum Gasteiger partial charge on any atom is -0.481 e. The summed E-state index contributed by atoms with van der Waals surface area (Å²) in [6.45, 7) is 0.359. The maximum absolute atomic E-state index is 13.3. The Hall–Kier alpha value is -2.74. The maximum atomic E-state index is 13.3. The van der Waals surface area contributed by atoms with Crippen LogP contribution in [-0.2, 0) is 29.0 Å². The fourth-order valence-corrected chi connectivity index (χ4v) is 7.35. The Morgan fingerprint density at radius 1 is 1.09 bits per heavy atom. The molecule has 2 amide bonds. The first-order valence-corrected chi connectivity index (χ1v) is 12.7. The van der Waals surface area contributed by atoms with E-state index in [1.807, 2.05) is 12.1 Å². The highest BCUT2D eigenvalue weighted by Gasteiger charge is 2.54. The molecule has 174 valence electrons. The second-order valence-corrected chi connectivity index (χ2v) is 10.6. The number of rotatable bonds is 6. The summed E-state index contributed by atoms with van der Waals surface area (Å²) in [6.07, 6.45) is 11.0. The fraction of sp³-hybridized carbons (Fsp3) is 0.520. The van der Waals surface area contributed by atoms with E-state index < -0.39 is 17.8 Å². The van der Waals surface area contributed by atoms with Gasteiger partial charge in [-0.1, -0.05) is 12.5 Å². The number of aliphatic carboxylic acids is 1. The van der Waals surface area contributed by atoms with Gasteiger partial charge in [0.15, 0.2) is 0 Å². The van der Waals surface area contributed by atoms with Crippen LogP contribution in [-0.4, -0.2) is 27.9 Å². The summed E-state index contributed by atoms with van der Waals surface area (Å²) in [5.41, 5.74) is 2.51. The number of thiophene rings is 1. The quantitative estimate of drug-likeness (QED) is 0.556. The lowest BCUT2D eigenvalue weighted by atomic mass is 9.78. The zero-order valence-electron chi connectivity index (χ0n) is 18.5. The number of carbonyl (C=O) groups excluding carboxylic acids is 2. The monoisotopic (exact) mass is 467 g/mol. The number of hydrogen-bond donors (Lipinski definition) is 3. The van der Waals surface area contributed by atoms with Gasteiger partial charge in [-0.15, -0.1) is 11.3 Å². The molecule has 2 saturated carbocycles. The molecule has 2 fully saturated rings. The van der Waals surface area contributed by atoms with E-state index in [2.05, 4.69) is 15.6 Å². The minimum atomic E-state index is -0.876. The number of carboxylic acid groups (broad SMARTS) is 1. The van der Waals surface area contributed by atoms with E-state index in [-0.39, 0.29) is 23.7 Å². The highest BCUT2D eigenvalue weighted by Crippen LogP contribution is 2.53. The summed E-state index contributed by atoms with van der Waals surface area (Å²) in [6, 6.07) is 3.74. The number of pyridine rings is 1. The number of anilines is 1. The van der Waals surface area contributed by atoms with Crippen molar-refractivity contribution < 1.29 is 19.5 Å². The molecule has 2 aromatic heterocycles. The van der Waals surface area contributed by atoms with E-state index in [9.17, 15) is 19.5 Å². The second-order valence-electron chi connectivity index (χ2n) is 9.52. The summed E-state index contributed by atoms with van der Waals surface area (Å²) < 4.78 is 0. The molecule has 3 N–H and O–H groups in total. The van der Waals surface area contributed by atoms with Gasteiger partial charge in [0.2, 0.25) is 5.91 Å². The van der Waals surface area contributed by atoms with Crippen molar-refractivity contribution in [3.63, 3.8) is 0 Å². The lowest BCUT2D eigenvalue weighted by Gasteiger charge is -2.27. The van der Waals surface area contributed by atoms with Crippen molar-refractivity contribution >= 4 is 34.1 Å². The molecule has 0 aromatic carbocycles. The van der Waals surface area contributed by atoms with E-state index in [4.69, 9.17) is 0 Å². The van der Waals surface area contributed by atoms with Gasteiger partial charge in [0.25, 0.3) is 5.91 Å². The molecule has 4 atom stereocenters. The van der Waals surface area contributed by atoms with E-state index in [1.54, 1.807) is 12.4 Å². The standard InChI is InChI=1S/C25H29N3O4S/c29-22(27-13-14-5-4-10-26-12-14)21-17-6-2-1-3-7-18(17)33-24(21)28-23(30)19-15-8-9-16(11-15)20(19)25(31)32/h4-5,10,12,15-16,19-20H,1-3,6-9,11,13H2,(H,27,29)(H,28,30)(H,31,32)/t15-,16+,19-,20-/m0/s1. The van der Waals surface area contributed by atoms with Crippen molar-refractivity contribution in [2.24, 2.45) is 23.7 Å². The van der Waals surface area contributed by atoms with Gasteiger partial charge >= 0.3 is 5.97 Å². The molecule has 8 heteroatoms. The van der Waals surface area contributed by atoms with Crippen LogP contribution in [0.15, 0.2) is 24.5 Å². The van der Waals surface area contributed by atoms with Gasteiger partial charge in [-0.3, -0.25) is 19.4 Å². The molecule has 0 radical (unpaired) electrons. The molecule has 33 heavy (non-hydrogen) atoms. The van der Waals surface area contributed by atoms with E-state index in [0.29, 0.717) is 17.1 Å². The van der Waals surface area contributed by atoms with Crippen molar-refractivity contribution in [2.75, 3.05) is 5.32 Å². The number of aromatic nitrogens is 1. The van der Waals surface area contributed by atoms with E-state index in [1.165, 1.54) is 11.3 Å². The van der Waals surface area contributed by atoms with Crippen LogP contribution in [0.2, 0.25) is 0 Å². The van der Waals surface area contributed by atoms with Crippen molar-refractivity contribution in [3.8, 4) is 0 Å². The third-order valence-electron chi connectivity index (χ3n) is 7.57. The first-order chi connectivity index (χ1) is 16.0. The maximum Gasteiger partial charge on any atom is 0.307 e. The fourth-order valence-electron chi connectivity index (χ4n) is 6.06. The molecule has 2 heterocycles. The van der Waals surface area contributed by atoms with Crippen LogP contribution in [0, 0.1) is 23.7 Å². The van der Waals surface area contributed by atoms with Crippen LogP contribution in [0.3, 0.4) is 0 Å². The molecule has 2 bridgehead atoms. The largest absolute Gasteiger partial charge is 0.481 e. The van der Waals surface area contributed by atoms with Gasteiger partial charge in [0.05, 0.1) is 17.4 Å².